The van der Waals surface area contributed by atoms with Crippen LogP contribution in [-0.4, -0.2) is 28.3 Å². The van der Waals surface area contributed by atoms with E-state index >= 15 is 0 Å². The van der Waals surface area contributed by atoms with Crippen LogP contribution in [0.15, 0.2) is 59.1 Å². The maximum atomic E-state index is 13.1. The monoisotopic (exact) mass is 460 g/mol. The molecular formula is C23H19F3N2O3S. The Bertz CT molecular complexity index is 1110. The standard InChI is InChI=1S/C23H19F3N2O3S/c1-2-31-17-9-7-15(8-10-17)22(30)13-32-21-19(12-27)18(11-20(29)28(21)22)14-3-5-16(6-4-14)23(24,25)26/h3-10,18,30H,2,11,13H2,1H3/t18-,22+/m1/s1. The lowest BCUT2D eigenvalue weighted by atomic mass is 9.85. The average molecular weight is 460 g/mol. The molecule has 0 bridgehead atoms. The predicted octanol–water partition coefficient (Wildman–Crippen LogP) is 4.75. The molecular weight excluding hydrogens is 441 g/mol. The molecule has 2 aliphatic rings. The summed E-state index contributed by atoms with van der Waals surface area (Å²) in [7, 11) is 0. The normalized spacial score (nSPS) is 23.2. The highest BCUT2D eigenvalue weighted by Gasteiger charge is 2.51. The van der Waals surface area contributed by atoms with Gasteiger partial charge in [-0.25, -0.2) is 0 Å². The number of halogens is 3. The lowest BCUT2D eigenvalue weighted by Crippen LogP contribution is -2.48. The molecule has 166 valence electrons. The minimum atomic E-state index is -4.47. The number of amides is 1. The number of benzene rings is 2. The molecule has 2 atom stereocenters. The van der Waals surface area contributed by atoms with Gasteiger partial charge in [-0.15, -0.1) is 11.8 Å². The van der Waals surface area contributed by atoms with E-state index in [1.54, 1.807) is 24.3 Å². The minimum Gasteiger partial charge on any atom is -0.494 e. The van der Waals surface area contributed by atoms with Crippen molar-refractivity contribution >= 4 is 17.7 Å². The molecule has 1 amide bonds. The van der Waals surface area contributed by atoms with E-state index in [0.717, 1.165) is 12.1 Å². The van der Waals surface area contributed by atoms with Crippen molar-refractivity contribution in [1.29, 1.82) is 5.26 Å². The van der Waals surface area contributed by atoms with Crippen molar-refractivity contribution in [3.63, 3.8) is 0 Å². The number of aliphatic hydroxyl groups is 1. The fourth-order valence-corrected chi connectivity index (χ4v) is 5.37. The summed E-state index contributed by atoms with van der Waals surface area (Å²) in [5.74, 6) is -0.305. The first-order valence-electron chi connectivity index (χ1n) is 9.92. The quantitative estimate of drug-likeness (QED) is 0.713. The molecule has 0 radical (unpaired) electrons. The van der Waals surface area contributed by atoms with Gasteiger partial charge < -0.3 is 9.84 Å². The number of fused-ring (bicyclic) bond motifs is 1. The number of allylic oxidation sites excluding steroid dienone is 1. The van der Waals surface area contributed by atoms with E-state index in [1.165, 1.54) is 28.8 Å². The van der Waals surface area contributed by atoms with Gasteiger partial charge in [-0.1, -0.05) is 24.3 Å². The Labute approximate surface area is 187 Å². The van der Waals surface area contributed by atoms with Gasteiger partial charge in [0, 0.05) is 17.9 Å². The van der Waals surface area contributed by atoms with Crippen molar-refractivity contribution < 1.29 is 27.8 Å². The van der Waals surface area contributed by atoms with Crippen LogP contribution in [0.5, 0.6) is 5.75 Å². The van der Waals surface area contributed by atoms with Crippen molar-refractivity contribution in [2.45, 2.75) is 31.2 Å². The molecule has 9 heteroatoms. The molecule has 2 aromatic carbocycles. The summed E-state index contributed by atoms with van der Waals surface area (Å²) < 4.78 is 44.1. The lowest BCUT2D eigenvalue weighted by Gasteiger charge is -2.38. The van der Waals surface area contributed by atoms with Crippen LogP contribution in [0.4, 0.5) is 13.2 Å². The van der Waals surface area contributed by atoms with Gasteiger partial charge in [-0.2, -0.15) is 18.4 Å². The van der Waals surface area contributed by atoms with Crippen LogP contribution in [0.2, 0.25) is 0 Å². The molecule has 0 spiro atoms. The maximum absolute atomic E-state index is 13.1. The third-order valence-corrected chi connectivity index (χ3v) is 6.80. The predicted molar refractivity (Wildman–Crippen MR) is 112 cm³/mol. The summed E-state index contributed by atoms with van der Waals surface area (Å²) in [5.41, 5.74) is -1.23. The molecule has 0 saturated carbocycles. The first-order chi connectivity index (χ1) is 15.2. The summed E-state index contributed by atoms with van der Waals surface area (Å²) in [6.07, 6.45) is -4.60. The Morgan fingerprint density at radius 1 is 1.22 bits per heavy atom. The van der Waals surface area contributed by atoms with Crippen molar-refractivity contribution in [2.75, 3.05) is 12.4 Å². The smallest absolute Gasteiger partial charge is 0.416 e. The Kier molecular flexibility index (Phi) is 5.69. The van der Waals surface area contributed by atoms with Gasteiger partial charge in [-0.3, -0.25) is 9.69 Å². The lowest BCUT2D eigenvalue weighted by molar-refractivity contribution is -0.149. The van der Waals surface area contributed by atoms with Crippen LogP contribution in [0.25, 0.3) is 0 Å². The van der Waals surface area contributed by atoms with Crippen LogP contribution < -0.4 is 4.74 Å². The number of carbonyl (C=O) groups excluding carboxylic acids is 1. The van der Waals surface area contributed by atoms with E-state index in [9.17, 15) is 28.3 Å². The highest BCUT2D eigenvalue weighted by molar-refractivity contribution is 8.03. The zero-order chi connectivity index (χ0) is 23.1. The van der Waals surface area contributed by atoms with Crippen LogP contribution in [0.3, 0.4) is 0 Å². The third kappa shape index (κ3) is 3.74. The van der Waals surface area contributed by atoms with Crippen LogP contribution >= 0.6 is 11.8 Å². The molecule has 1 N–H and O–H groups in total. The molecule has 32 heavy (non-hydrogen) atoms. The van der Waals surface area contributed by atoms with Crippen molar-refractivity contribution in [3.05, 3.63) is 75.8 Å². The number of rotatable bonds is 4. The molecule has 0 aromatic heterocycles. The highest BCUT2D eigenvalue weighted by atomic mass is 32.2. The summed E-state index contributed by atoms with van der Waals surface area (Å²) in [5, 5.41) is 21.6. The van der Waals surface area contributed by atoms with Gasteiger partial charge in [0.25, 0.3) is 0 Å². The van der Waals surface area contributed by atoms with Crippen LogP contribution in [0, 0.1) is 11.3 Å². The van der Waals surface area contributed by atoms with Gasteiger partial charge in [0.05, 0.1) is 34.6 Å². The molecule has 2 aromatic rings. The van der Waals surface area contributed by atoms with Crippen LogP contribution in [-0.2, 0) is 16.7 Å². The number of hydrogen-bond acceptors (Lipinski definition) is 5. The Morgan fingerprint density at radius 3 is 2.44 bits per heavy atom. The summed E-state index contributed by atoms with van der Waals surface area (Å²) in [6.45, 7) is 2.35. The number of carbonyl (C=O) groups is 1. The Morgan fingerprint density at radius 2 is 1.88 bits per heavy atom. The number of alkyl halides is 3. The second-order valence-electron chi connectivity index (χ2n) is 7.50. The van der Waals surface area contributed by atoms with Crippen molar-refractivity contribution in [3.8, 4) is 11.8 Å². The summed E-state index contributed by atoms with van der Waals surface area (Å²) in [4.78, 5) is 14.4. The number of thioether (sulfide) groups is 1. The first-order valence-corrected chi connectivity index (χ1v) is 10.9. The Balaban J connectivity index is 1.70. The maximum Gasteiger partial charge on any atom is 0.416 e. The first kappa shape index (κ1) is 22.2. The molecule has 4 rings (SSSR count). The van der Waals surface area contributed by atoms with E-state index in [2.05, 4.69) is 6.07 Å². The molecule has 1 saturated heterocycles. The van der Waals surface area contributed by atoms with E-state index in [-0.39, 0.29) is 17.7 Å². The summed E-state index contributed by atoms with van der Waals surface area (Å²) in [6, 6.07) is 13.4. The number of hydrogen-bond donors (Lipinski definition) is 1. The van der Waals surface area contributed by atoms with Gasteiger partial charge in [0.2, 0.25) is 5.91 Å². The molecule has 2 aliphatic heterocycles. The van der Waals surface area contributed by atoms with E-state index in [4.69, 9.17) is 4.74 Å². The van der Waals surface area contributed by atoms with E-state index < -0.39 is 29.3 Å². The average Bonchev–Trinajstić information content (AvgIpc) is 3.13. The van der Waals surface area contributed by atoms with Gasteiger partial charge >= 0.3 is 6.18 Å². The zero-order valence-corrected chi connectivity index (χ0v) is 17.8. The number of nitrogens with zero attached hydrogens (tertiary/aromatic N) is 2. The minimum absolute atomic E-state index is 0.127. The SMILES string of the molecule is CCOc1ccc([C@@]2(O)CSC3=C(C#N)[C@@H](c4ccc(C(F)(F)F)cc4)CC(=O)N32)cc1. The van der Waals surface area contributed by atoms with Crippen molar-refractivity contribution in [2.24, 2.45) is 0 Å². The van der Waals surface area contributed by atoms with Gasteiger partial charge in [-0.05, 0) is 36.8 Å². The van der Waals surface area contributed by atoms with Gasteiger partial charge in [0.15, 0.2) is 5.72 Å². The van der Waals surface area contributed by atoms with E-state index in [1.807, 2.05) is 6.92 Å². The largest absolute Gasteiger partial charge is 0.494 e. The fraction of sp³-hybridized carbons (Fsp3) is 0.304. The number of ether oxygens (including phenoxy) is 1. The zero-order valence-electron chi connectivity index (χ0n) is 17.0. The molecule has 0 aliphatic carbocycles. The van der Waals surface area contributed by atoms with E-state index in [0.29, 0.717) is 28.5 Å². The van der Waals surface area contributed by atoms with Crippen molar-refractivity contribution in [1.82, 2.24) is 4.90 Å². The second-order valence-corrected chi connectivity index (χ2v) is 8.46. The molecule has 0 unspecified atom stereocenters. The summed E-state index contributed by atoms with van der Waals surface area (Å²) >= 11 is 1.19. The topological polar surface area (TPSA) is 73.6 Å². The third-order valence-electron chi connectivity index (χ3n) is 5.58. The molecule has 1 fully saturated rings. The van der Waals surface area contributed by atoms with Crippen LogP contribution in [0.1, 0.15) is 36.0 Å². The highest BCUT2D eigenvalue weighted by Crippen LogP contribution is 2.51. The molecule has 2 heterocycles. The second kappa shape index (κ2) is 8.19. The Hall–Kier alpha value is -2.96. The van der Waals surface area contributed by atoms with Gasteiger partial charge in [0.1, 0.15) is 5.75 Å². The molecule has 5 nitrogen and oxygen atoms in total. The fourth-order valence-electron chi connectivity index (χ4n) is 4.01. The number of nitriles is 1.